The van der Waals surface area contributed by atoms with E-state index in [1.807, 2.05) is 12.8 Å². The average Bonchev–Trinajstić information content (AvgIpc) is 2.12. The summed E-state index contributed by atoms with van der Waals surface area (Å²) in [6.07, 6.45) is 1.27. The molecule has 0 amide bonds. The lowest BCUT2D eigenvalue weighted by atomic mass is 10.4. The lowest BCUT2D eigenvalue weighted by Gasteiger charge is -2.25. The fourth-order valence-corrected chi connectivity index (χ4v) is 2.63. The largest absolute Gasteiger partial charge is 0.472 e. The topological polar surface area (TPSA) is 46.5 Å². The summed E-state index contributed by atoms with van der Waals surface area (Å²) in [6, 6.07) is 0. The molecule has 0 rings (SSSR count). The summed E-state index contributed by atoms with van der Waals surface area (Å²) in [5.74, 6) is 2.15. The standard InChI is InChI=1S/C10H17FO3Si/c1-4-6-9(11)15(2,3)14-8-5-7-10(12)13/h9H,4,6,8H2,1-3H3,(H,12,13). The predicted octanol–water partition coefficient (Wildman–Crippen LogP) is 1.97. The van der Waals surface area contributed by atoms with Gasteiger partial charge in [-0.3, -0.25) is 0 Å². The van der Waals surface area contributed by atoms with Gasteiger partial charge in [-0.1, -0.05) is 19.3 Å². The third-order valence-electron chi connectivity index (χ3n) is 2.01. The predicted molar refractivity (Wildman–Crippen MR) is 58.6 cm³/mol. The van der Waals surface area contributed by atoms with E-state index in [-0.39, 0.29) is 6.61 Å². The van der Waals surface area contributed by atoms with Gasteiger partial charge in [-0.05, 0) is 19.5 Å². The number of carboxylic acid groups (broad SMARTS) is 1. The zero-order chi connectivity index (χ0) is 11.9. The zero-order valence-electron chi connectivity index (χ0n) is 9.34. The highest BCUT2D eigenvalue weighted by Crippen LogP contribution is 2.17. The fraction of sp³-hybridized carbons (Fsp3) is 0.700. The lowest BCUT2D eigenvalue weighted by Crippen LogP contribution is -2.42. The van der Waals surface area contributed by atoms with Crippen LogP contribution in [-0.2, 0) is 9.22 Å². The van der Waals surface area contributed by atoms with E-state index < -0.39 is 20.1 Å². The number of hydrogen-bond acceptors (Lipinski definition) is 2. The minimum Gasteiger partial charge on any atom is -0.472 e. The quantitative estimate of drug-likeness (QED) is 0.582. The van der Waals surface area contributed by atoms with Crippen molar-refractivity contribution >= 4 is 14.3 Å². The van der Waals surface area contributed by atoms with Crippen molar-refractivity contribution < 1.29 is 18.7 Å². The van der Waals surface area contributed by atoms with Crippen LogP contribution in [-0.4, -0.2) is 31.8 Å². The summed E-state index contributed by atoms with van der Waals surface area (Å²) < 4.78 is 18.9. The third-order valence-corrected chi connectivity index (χ3v) is 4.69. The van der Waals surface area contributed by atoms with Gasteiger partial charge in [-0.25, -0.2) is 9.18 Å². The molecule has 0 radical (unpaired) electrons. The summed E-state index contributed by atoms with van der Waals surface area (Å²) in [6.45, 7) is 5.46. The number of halogens is 1. The van der Waals surface area contributed by atoms with Crippen LogP contribution in [0.4, 0.5) is 4.39 Å². The number of aliphatic carboxylic acids is 1. The lowest BCUT2D eigenvalue weighted by molar-refractivity contribution is -0.130. The molecule has 15 heavy (non-hydrogen) atoms. The Morgan fingerprint density at radius 1 is 1.60 bits per heavy atom. The second-order valence-corrected chi connectivity index (χ2v) is 7.88. The Morgan fingerprint density at radius 2 is 2.20 bits per heavy atom. The van der Waals surface area contributed by atoms with Crippen molar-refractivity contribution in [2.45, 2.75) is 38.7 Å². The molecular weight excluding hydrogens is 215 g/mol. The number of carboxylic acids is 1. The molecule has 0 aliphatic carbocycles. The van der Waals surface area contributed by atoms with Crippen LogP contribution >= 0.6 is 0 Å². The average molecular weight is 232 g/mol. The van der Waals surface area contributed by atoms with Crippen LogP contribution in [0.1, 0.15) is 19.8 Å². The molecular formula is C10H17FO3Si. The van der Waals surface area contributed by atoms with E-state index in [4.69, 9.17) is 9.53 Å². The molecule has 1 unspecified atom stereocenters. The Kier molecular flexibility index (Phi) is 6.21. The van der Waals surface area contributed by atoms with E-state index in [1.54, 1.807) is 13.1 Å². The molecule has 0 aromatic rings. The van der Waals surface area contributed by atoms with Gasteiger partial charge in [0.2, 0.25) is 8.32 Å². The van der Waals surface area contributed by atoms with Crippen molar-refractivity contribution in [1.82, 2.24) is 0 Å². The molecule has 86 valence electrons. The van der Waals surface area contributed by atoms with Crippen LogP contribution in [0.2, 0.25) is 13.1 Å². The van der Waals surface area contributed by atoms with Crippen molar-refractivity contribution in [2.24, 2.45) is 0 Å². The van der Waals surface area contributed by atoms with Gasteiger partial charge in [0, 0.05) is 5.92 Å². The van der Waals surface area contributed by atoms with Crippen LogP contribution in [0.25, 0.3) is 0 Å². The van der Waals surface area contributed by atoms with Gasteiger partial charge in [0.1, 0.15) is 5.79 Å². The van der Waals surface area contributed by atoms with Gasteiger partial charge in [0.15, 0.2) is 0 Å². The summed E-state index contributed by atoms with van der Waals surface area (Å²) in [7, 11) is -2.36. The normalized spacial score (nSPS) is 12.8. The maximum atomic E-state index is 13.5. The van der Waals surface area contributed by atoms with Crippen LogP contribution in [0.3, 0.4) is 0 Å². The van der Waals surface area contributed by atoms with Crippen molar-refractivity contribution in [1.29, 1.82) is 0 Å². The number of rotatable bonds is 5. The van der Waals surface area contributed by atoms with Crippen LogP contribution < -0.4 is 0 Å². The van der Waals surface area contributed by atoms with Crippen LogP contribution in [0, 0.1) is 11.8 Å². The van der Waals surface area contributed by atoms with Gasteiger partial charge in [-0.2, -0.15) is 0 Å². The van der Waals surface area contributed by atoms with Crippen molar-refractivity contribution in [3.05, 3.63) is 0 Å². The maximum absolute atomic E-state index is 13.5. The Balaban J connectivity index is 4.05. The van der Waals surface area contributed by atoms with E-state index in [0.717, 1.165) is 6.42 Å². The van der Waals surface area contributed by atoms with E-state index in [2.05, 4.69) is 5.92 Å². The fourth-order valence-electron chi connectivity index (χ4n) is 1.03. The monoisotopic (exact) mass is 232 g/mol. The Bertz CT molecular complexity index is 268. The highest BCUT2D eigenvalue weighted by Gasteiger charge is 2.33. The molecule has 0 spiro atoms. The first kappa shape index (κ1) is 14.1. The molecule has 1 atom stereocenters. The van der Waals surface area contributed by atoms with Crippen molar-refractivity contribution in [2.75, 3.05) is 6.61 Å². The van der Waals surface area contributed by atoms with Crippen LogP contribution in [0.15, 0.2) is 0 Å². The van der Waals surface area contributed by atoms with Gasteiger partial charge in [0.25, 0.3) is 0 Å². The number of carbonyl (C=O) groups is 1. The molecule has 1 N–H and O–H groups in total. The number of alkyl halides is 1. The molecule has 0 heterocycles. The minimum absolute atomic E-state index is 0.00431. The molecule has 0 saturated carbocycles. The van der Waals surface area contributed by atoms with E-state index in [0.29, 0.717) is 6.42 Å². The first-order valence-electron chi connectivity index (χ1n) is 4.90. The molecule has 0 bridgehead atoms. The molecule has 0 fully saturated rings. The highest BCUT2D eigenvalue weighted by atomic mass is 28.4. The smallest absolute Gasteiger partial charge is 0.381 e. The molecule has 5 heteroatoms. The van der Waals surface area contributed by atoms with Crippen molar-refractivity contribution in [3.8, 4) is 11.8 Å². The van der Waals surface area contributed by atoms with Gasteiger partial charge in [0.05, 0.1) is 6.61 Å². The highest BCUT2D eigenvalue weighted by molar-refractivity contribution is 6.72. The maximum Gasteiger partial charge on any atom is 0.381 e. The van der Waals surface area contributed by atoms with Gasteiger partial charge in [-0.15, -0.1) is 0 Å². The summed E-state index contributed by atoms with van der Waals surface area (Å²) >= 11 is 0. The minimum atomic E-state index is -2.36. The summed E-state index contributed by atoms with van der Waals surface area (Å²) in [5.41, 5.74) is 0. The van der Waals surface area contributed by atoms with Crippen LogP contribution in [0.5, 0.6) is 0 Å². The van der Waals surface area contributed by atoms with E-state index in [9.17, 15) is 9.18 Å². The molecule has 0 aromatic heterocycles. The van der Waals surface area contributed by atoms with Gasteiger partial charge < -0.3 is 9.53 Å². The summed E-state index contributed by atoms with van der Waals surface area (Å²) in [5, 5.41) is 8.24. The summed E-state index contributed by atoms with van der Waals surface area (Å²) in [4.78, 5) is 10.1. The Labute approximate surface area is 90.8 Å². The Morgan fingerprint density at radius 3 is 2.67 bits per heavy atom. The molecule has 0 aliphatic rings. The van der Waals surface area contributed by atoms with Crippen molar-refractivity contribution in [3.63, 3.8) is 0 Å². The number of hydrogen-bond donors (Lipinski definition) is 1. The molecule has 0 saturated heterocycles. The van der Waals surface area contributed by atoms with E-state index in [1.165, 1.54) is 0 Å². The Hall–Kier alpha value is -0.863. The molecule has 0 aromatic carbocycles. The second kappa shape index (κ2) is 6.59. The SMILES string of the molecule is CCCC(F)[Si](C)(C)OCC#CC(=O)O. The molecule has 0 aliphatic heterocycles. The zero-order valence-corrected chi connectivity index (χ0v) is 10.3. The second-order valence-electron chi connectivity index (χ2n) is 3.76. The van der Waals surface area contributed by atoms with Gasteiger partial charge >= 0.3 is 5.97 Å². The first-order valence-corrected chi connectivity index (χ1v) is 7.88. The first-order chi connectivity index (χ1) is 6.90. The van der Waals surface area contributed by atoms with E-state index >= 15 is 0 Å². The molecule has 3 nitrogen and oxygen atoms in total. The third kappa shape index (κ3) is 6.26.